The van der Waals surface area contributed by atoms with Crippen LogP contribution in [0, 0.1) is 17.0 Å². The van der Waals surface area contributed by atoms with Crippen LogP contribution >= 0.6 is 0 Å². The van der Waals surface area contributed by atoms with Gasteiger partial charge in [0.15, 0.2) is 0 Å². The molecule has 0 fully saturated rings. The summed E-state index contributed by atoms with van der Waals surface area (Å²) in [6.07, 6.45) is 0.206. The summed E-state index contributed by atoms with van der Waals surface area (Å²) < 4.78 is 0. The molecule has 1 aromatic rings. The van der Waals surface area contributed by atoms with E-state index in [1.54, 1.807) is 18.2 Å². The molecule has 0 aliphatic rings. The first-order chi connectivity index (χ1) is 5.25. The molecule has 0 aromatic heterocycles. The fraction of sp³-hybridized carbons (Fsp3) is 0.125. The summed E-state index contributed by atoms with van der Waals surface area (Å²) in [5, 5.41) is 10.3. The van der Waals surface area contributed by atoms with Gasteiger partial charge < -0.3 is 0 Å². The second-order valence-corrected chi connectivity index (χ2v) is 2.09. The van der Waals surface area contributed by atoms with E-state index < -0.39 is 4.92 Å². The summed E-state index contributed by atoms with van der Waals surface area (Å²) in [4.78, 5) is 9.90. The van der Waals surface area contributed by atoms with E-state index in [0.717, 1.165) is 0 Å². The predicted molar refractivity (Wildman–Crippen MR) is 41.1 cm³/mol. The maximum absolute atomic E-state index is 10.3. The number of para-hydroxylation sites is 1. The molecule has 11 heavy (non-hydrogen) atoms. The number of nitro benzene ring substituents is 1. The van der Waals surface area contributed by atoms with Gasteiger partial charge in [-0.2, -0.15) is 0 Å². The number of nitrogens with zero attached hydrogens (tertiary/aromatic N) is 1. The van der Waals surface area contributed by atoms with Crippen molar-refractivity contribution in [3.05, 3.63) is 46.9 Å². The van der Waals surface area contributed by atoms with Crippen molar-refractivity contribution in [1.29, 1.82) is 0 Å². The Morgan fingerprint density at radius 2 is 2.09 bits per heavy atom. The van der Waals surface area contributed by atoms with Crippen LogP contribution < -0.4 is 0 Å². The van der Waals surface area contributed by atoms with Gasteiger partial charge >= 0.3 is 0 Å². The van der Waals surface area contributed by atoms with Crippen LogP contribution in [0.1, 0.15) is 5.56 Å². The van der Waals surface area contributed by atoms with Crippen molar-refractivity contribution in [2.45, 2.75) is 6.42 Å². The molecular formula is C8H7NO2. The molecule has 0 aliphatic carbocycles. The third kappa shape index (κ3) is 1.55. The molecule has 0 N–H and O–H groups in total. The predicted octanol–water partition coefficient (Wildman–Crippen LogP) is 1.85. The molecule has 0 atom stereocenters. The summed E-state index contributed by atoms with van der Waals surface area (Å²) in [5.41, 5.74) is 0.660. The van der Waals surface area contributed by atoms with E-state index in [2.05, 4.69) is 0 Å². The first-order valence-corrected chi connectivity index (χ1v) is 3.18. The Morgan fingerprint density at radius 3 is 2.55 bits per heavy atom. The summed E-state index contributed by atoms with van der Waals surface area (Å²) >= 11 is 0. The SMILES string of the molecule is [CH]Cc1ccccc1[N+](=O)[O-]. The first kappa shape index (κ1) is 7.72. The Bertz CT molecular complexity index is 271. The number of benzene rings is 1. The largest absolute Gasteiger partial charge is 0.272 e. The quantitative estimate of drug-likeness (QED) is 0.475. The van der Waals surface area contributed by atoms with E-state index >= 15 is 0 Å². The summed E-state index contributed by atoms with van der Waals surface area (Å²) in [6, 6.07) is 6.45. The van der Waals surface area contributed by atoms with Crippen LogP contribution in [0.2, 0.25) is 0 Å². The van der Waals surface area contributed by atoms with Gasteiger partial charge in [-0.15, -0.1) is 0 Å². The van der Waals surface area contributed by atoms with Crippen molar-refractivity contribution in [2.24, 2.45) is 0 Å². The van der Waals surface area contributed by atoms with Crippen molar-refractivity contribution >= 4 is 5.69 Å². The van der Waals surface area contributed by atoms with Crippen LogP contribution in [0.25, 0.3) is 0 Å². The van der Waals surface area contributed by atoms with Gasteiger partial charge in [0, 0.05) is 11.6 Å². The molecule has 1 aromatic carbocycles. The maximum Gasteiger partial charge on any atom is 0.272 e. The van der Waals surface area contributed by atoms with Crippen LogP contribution in [0.5, 0.6) is 0 Å². The molecular weight excluding hydrogens is 142 g/mol. The molecule has 0 saturated heterocycles. The average Bonchev–Trinajstić information content (AvgIpc) is 2.04. The monoisotopic (exact) mass is 149 g/mol. The van der Waals surface area contributed by atoms with Crippen LogP contribution in [-0.2, 0) is 6.42 Å². The zero-order valence-corrected chi connectivity index (χ0v) is 5.86. The van der Waals surface area contributed by atoms with Crippen molar-refractivity contribution in [2.75, 3.05) is 0 Å². The zero-order valence-electron chi connectivity index (χ0n) is 5.86. The Morgan fingerprint density at radius 1 is 1.45 bits per heavy atom. The topological polar surface area (TPSA) is 43.1 Å². The molecule has 0 amide bonds. The number of hydrogen-bond acceptors (Lipinski definition) is 2. The van der Waals surface area contributed by atoms with E-state index in [4.69, 9.17) is 6.92 Å². The van der Waals surface area contributed by atoms with Gasteiger partial charge in [-0.3, -0.25) is 10.1 Å². The highest BCUT2D eigenvalue weighted by Crippen LogP contribution is 2.17. The van der Waals surface area contributed by atoms with Crippen molar-refractivity contribution in [3.8, 4) is 0 Å². The highest BCUT2D eigenvalue weighted by atomic mass is 16.6. The van der Waals surface area contributed by atoms with Crippen LogP contribution in [0.15, 0.2) is 24.3 Å². The average molecular weight is 149 g/mol. The standard InChI is InChI=1S/C8H7NO2/c1-2-7-5-3-4-6-8(7)9(10)11/h1,3-6H,2H2. The highest BCUT2D eigenvalue weighted by Gasteiger charge is 2.08. The van der Waals surface area contributed by atoms with E-state index in [9.17, 15) is 10.1 Å². The van der Waals surface area contributed by atoms with E-state index in [-0.39, 0.29) is 12.1 Å². The molecule has 0 spiro atoms. The Hall–Kier alpha value is -1.38. The van der Waals surface area contributed by atoms with Crippen LogP contribution in [0.4, 0.5) is 5.69 Å². The minimum absolute atomic E-state index is 0.0926. The molecule has 56 valence electrons. The van der Waals surface area contributed by atoms with Crippen LogP contribution in [-0.4, -0.2) is 4.92 Å². The highest BCUT2D eigenvalue weighted by molar-refractivity contribution is 5.39. The Kier molecular flexibility index (Phi) is 2.21. The molecule has 3 nitrogen and oxygen atoms in total. The second-order valence-electron chi connectivity index (χ2n) is 2.09. The molecule has 2 radical (unpaired) electrons. The molecule has 1 rings (SSSR count). The van der Waals surface area contributed by atoms with E-state index in [1.165, 1.54) is 6.07 Å². The second kappa shape index (κ2) is 3.14. The van der Waals surface area contributed by atoms with Crippen molar-refractivity contribution < 1.29 is 4.92 Å². The van der Waals surface area contributed by atoms with Gasteiger partial charge in [0.1, 0.15) is 0 Å². The number of nitro groups is 1. The van der Waals surface area contributed by atoms with Crippen molar-refractivity contribution in [1.82, 2.24) is 0 Å². The molecule has 0 heterocycles. The lowest BCUT2D eigenvalue weighted by molar-refractivity contribution is -0.385. The van der Waals surface area contributed by atoms with Crippen LogP contribution in [0.3, 0.4) is 0 Å². The smallest absolute Gasteiger partial charge is 0.258 e. The number of rotatable bonds is 2. The minimum atomic E-state index is -0.428. The summed E-state index contributed by atoms with van der Waals surface area (Å²) in [6.45, 7) is 5.28. The number of hydrogen-bond donors (Lipinski definition) is 0. The molecule has 0 unspecified atom stereocenters. The molecule has 0 bridgehead atoms. The van der Waals surface area contributed by atoms with Gasteiger partial charge in [0.2, 0.25) is 0 Å². The Balaban J connectivity index is 3.12. The molecule has 0 saturated carbocycles. The summed E-state index contributed by atoms with van der Waals surface area (Å²) in [5.74, 6) is 0. The lowest BCUT2D eigenvalue weighted by Gasteiger charge is -1.96. The van der Waals surface area contributed by atoms with Gasteiger partial charge in [0.25, 0.3) is 5.69 Å². The van der Waals surface area contributed by atoms with E-state index in [1.807, 2.05) is 0 Å². The lowest BCUT2D eigenvalue weighted by Crippen LogP contribution is -1.92. The normalized spacial score (nSPS) is 9.55. The third-order valence-corrected chi connectivity index (χ3v) is 1.41. The molecule has 3 heteroatoms. The zero-order chi connectivity index (χ0) is 8.27. The van der Waals surface area contributed by atoms with Gasteiger partial charge in [-0.05, 0) is 13.3 Å². The fourth-order valence-corrected chi connectivity index (χ4v) is 0.862. The lowest BCUT2D eigenvalue weighted by atomic mass is 10.1. The molecule has 0 aliphatic heterocycles. The fourth-order valence-electron chi connectivity index (χ4n) is 0.862. The Labute approximate surface area is 64.8 Å². The third-order valence-electron chi connectivity index (χ3n) is 1.41. The summed E-state index contributed by atoms with van der Waals surface area (Å²) in [7, 11) is 0. The van der Waals surface area contributed by atoms with Crippen molar-refractivity contribution in [3.63, 3.8) is 0 Å². The van der Waals surface area contributed by atoms with Gasteiger partial charge in [0.05, 0.1) is 4.92 Å². The van der Waals surface area contributed by atoms with Gasteiger partial charge in [-0.1, -0.05) is 18.2 Å². The maximum atomic E-state index is 10.3. The minimum Gasteiger partial charge on any atom is -0.258 e. The first-order valence-electron chi connectivity index (χ1n) is 3.18. The van der Waals surface area contributed by atoms with Gasteiger partial charge in [-0.25, -0.2) is 0 Å². The van der Waals surface area contributed by atoms with E-state index in [0.29, 0.717) is 5.56 Å².